The van der Waals surface area contributed by atoms with Gasteiger partial charge in [-0.3, -0.25) is 0 Å². The minimum absolute atomic E-state index is 0.201. The molecule has 5 heteroatoms. The van der Waals surface area contributed by atoms with E-state index in [-0.39, 0.29) is 17.8 Å². The van der Waals surface area contributed by atoms with Gasteiger partial charge in [-0.25, -0.2) is 0 Å². The fraction of sp³-hybridized carbons (Fsp3) is 1.00. The summed E-state index contributed by atoms with van der Waals surface area (Å²) in [6.45, 7) is 9.99. The molecule has 0 aromatic rings. The van der Waals surface area contributed by atoms with Crippen LogP contribution in [0.2, 0.25) is 0 Å². The summed E-state index contributed by atoms with van der Waals surface area (Å²) in [5, 5.41) is 20.6. The smallest absolute Gasteiger partial charge is 0.390 e. The number of aliphatic hydroxyl groups is 2. The molecule has 10 atom stereocenters. The van der Waals surface area contributed by atoms with Gasteiger partial charge in [-0.05, 0) is 131 Å². The predicted molar refractivity (Wildman–Crippen MR) is 121 cm³/mol. The van der Waals surface area contributed by atoms with Crippen LogP contribution in [0.3, 0.4) is 0 Å². The summed E-state index contributed by atoms with van der Waals surface area (Å²) < 4.78 is 39.4. The summed E-state index contributed by atoms with van der Waals surface area (Å²) >= 11 is 0. The molecule has 32 heavy (non-hydrogen) atoms. The molecule has 4 aliphatic carbocycles. The number of rotatable bonds is 4. The van der Waals surface area contributed by atoms with Crippen molar-refractivity contribution >= 4 is 0 Å². The molecule has 1 unspecified atom stereocenters. The Bertz CT molecular complexity index is 702. The Balaban J connectivity index is 1.46. The van der Waals surface area contributed by atoms with E-state index in [1.807, 2.05) is 6.92 Å². The van der Waals surface area contributed by atoms with Crippen LogP contribution in [0.5, 0.6) is 0 Å². The molecule has 0 bridgehead atoms. The molecule has 2 nitrogen and oxygen atoms in total. The third kappa shape index (κ3) is 3.95. The van der Waals surface area contributed by atoms with Crippen molar-refractivity contribution in [2.75, 3.05) is 0 Å². The quantitative estimate of drug-likeness (QED) is 0.471. The lowest BCUT2D eigenvalue weighted by atomic mass is 9.43. The van der Waals surface area contributed by atoms with E-state index in [4.69, 9.17) is 0 Å². The zero-order valence-electron chi connectivity index (χ0n) is 20.8. The lowest BCUT2D eigenvalue weighted by Crippen LogP contribution is -2.55. The molecule has 4 rings (SSSR count). The maximum absolute atomic E-state index is 13.1. The zero-order chi connectivity index (χ0) is 23.7. The van der Waals surface area contributed by atoms with Gasteiger partial charge in [0.2, 0.25) is 0 Å². The van der Waals surface area contributed by atoms with Crippen LogP contribution in [0.1, 0.15) is 105 Å². The molecule has 0 aromatic carbocycles. The Hall–Kier alpha value is -0.290. The van der Waals surface area contributed by atoms with Crippen LogP contribution in [0.4, 0.5) is 13.2 Å². The van der Waals surface area contributed by atoms with Gasteiger partial charge in [0.15, 0.2) is 5.60 Å². The Morgan fingerprint density at radius 1 is 0.906 bits per heavy atom. The molecule has 0 amide bonds. The van der Waals surface area contributed by atoms with Crippen LogP contribution in [-0.4, -0.2) is 27.6 Å². The molecule has 0 aromatic heterocycles. The maximum Gasteiger partial charge on any atom is 0.416 e. The van der Waals surface area contributed by atoms with E-state index in [1.165, 1.54) is 32.1 Å². The number of halogens is 3. The van der Waals surface area contributed by atoms with Gasteiger partial charge in [0.1, 0.15) is 0 Å². The summed E-state index contributed by atoms with van der Waals surface area (Å²) in [4.78, 5) is 0. The fourth-order valence-electron chi connectivity index (χ4n) is 9.26. The molecule has 0 spiro atoms. The summed E-state index contributed by atoms with van der Waals surface area (Å²) in [7, 11) is 0. The summed E-state index contributed by atoms with van der Waals surface area (Å²) in [5.41, 5.74) is -2.55. The van der Waals surface area contributed by atoms with E-state index >= 15 is 0 Å². The molecule has 0 aliphatic heterocycles. The zero-order valence-corrected chi connectivity index (χ0v) is 20.8. The number of alkyl halides is 3. The minimum atomic E-state index is -4.56. The van der Waals surface area contributed by atoms with Gasteiger partial charge in [-0.1, -0.05) is 20.8 Å². The lowest BCUT2D eigenvalue weighted by Gasteiger charge is -2.62. The van der Waals surface area contributed by atoms with E-state index < -0.39 is 17.4 Å². The first kappa shape index (κ1) is 24.8. The Morgan fingerprint density at radius 3 is 2.22 bits per heavy atom. The molecule has 0 saturated heterocycles. The maximum atomic E-state index is 13.1. The topological polar surface area (TPSA) is 40.5 Å². The largest absolute Gasteiger partial charge is 0.416 e. The summed E-state index contributed by atoms with van der Waals surface area (Å²) in [6.07, 6.45) is 5.85. The first-order valence-electron chi connectivity index (χ1n) is 13.1. The third-order valence-corrected chi connectivity index (χ3v) is 11.4. The van der Waals surface area contributed by atoms with Gasteiger partial charge in [-0.15, -0.1) is 0 Å². The van der Waals surface area contributed by atoms with E-state index in [0.29, 0.717) is 29.6 Å². The van der Waals surface area contributed by atoms with Gasteiger partial charge in [-0.2, -0.15) is 13.2 Å². The third-order valence-electron chi connectivity index (χ3n) is 11.4. The molecule has 2 N–H and O–H groups in total. The van der Waals surface area contributed by atoms with Crippen molar-refractivity contribution in [1.29, 1.82) is 0 Å². The van der Waals surface area contributed by atoms with Crippen LogP contribution in [0.25, 0.3) is 0 Å². The highest BCUT2D eigenvalue weighted by molar-refractivity contribution is 5.10. The average molecular weight is 459 g/mol. The Labute approximate surface area is 192 Å². The first-order chi connectivity index (χ1) is 14.6. The predicted octanol–water partition coefficient (Wildman–Crippen LogP) is 7.13. The summed E-state index contributed by atoms with van der Waals surface area (Å²) in [5.74, 6) is 3.42. The van der Waals surface area contributed by atoms with Crippen molar-refractivity contribution in [2.24, 2.45) is 46.3 Å². The SMILES string of the molecule is C[C@H](CC[C@@](C)(O)C(F)(F)F)[C@H]1CC[C@H]2[C@@H]3CC[C@H]4C[C@@](C)(O)CC[C@]4(C)C3CC[C@]12C. The highest BCUT2D eigenvalue weighted by Crippen LogP contribution is 2.69. The molecule has 186 valence electrons. The van der Waals surface area contributed by atoms with Crippen LogP contribution >= 0.6 is 0 Å². The van der Waals surface area contributed by atoms with Crippen LogP contribution in [0, 0.1) is 46.3 Å². The first-order valence-corrected chi connectivity index (χ1v) is 13.1. The Kier molecular flexibility index (Phi) is 6.10. The van der Waals surface area contributed by atoms with E-state index in [9.17, 15) is 23.4 Å². The van der Waals surface area contributed by atoms with Crippen molar-refractivity contribution in [3.05, 3.63) is 0 Å². The van der Waals surface area contributed by atoms with Gasteiger partial charge in [0, 0.05) is 0 Å². The van der Waals surface area contributed by atoms with Crippen LogP contribution < -0.4 is 0 Å². The van der Waals surface area contributed by atoms with Crippen molar-refractivity contribution in [3.63, 3.8) is 0 Å². The average Bonchev–Trinajstić information content (AvgIpc) is 3.03. The fourth-order valence-corrected chi connectivity index (χ4v) is 9.26. The Morgan fingerprint density at radius 2 is 1.56 bits per heavy atom. The lowest BCUT2D eigenvalue weighted by molar-refractivity contribution is -0.256. The van der Waals surface area contributed by atoms with Gasteiger partial charge < -0.3 is 10.2 Å². The second-order valence-electron chi connectivity index (χ2n) is 13.4. The van der Waals surface area contributed by atoms with Crippen molar-refractivity contribution < 1.29 is 23.4 Å². The monoisotopic (exact) mass is 458 g/mol. The van der Waals surface area contributed by atoms with Gasteiger partial charge in [0.05, 0.1) is 5.60 Å². The second-order valence-corrected chi connectivity index (χ2v) is 13.4. The summed E-state index contributed by atoms with van der Waals surface area (Å²) in [6, 6.07) is 0. The minimum Gasteiger partial charge on any atom is -0.390 e. The molecule has 0 heterocycles. The number of hydrogen-bond acceptors (Lipinski definition) is 2. The molecule has 4 saturated carbocycles. The highest BCUT2D eigenvalue weighted by atomic mass is 19.4. The molecular formula is C27H45F3O2. The standard InChI is InChI=1S/C27H45F3O2/c1-17(10-13-26(5,32)27(28,29)30)20-8-9-21-19-7-6-18-16-23(2,31)14-15-24(18,3)22(19)11-12-25(20,21)4/h17-22,31-32H,6-16H2,1-5H3/t17-,18+,19+,20-,21+,22?,23+,24+,25-,26-/m1/s1. The number of hydrogen-bond donors (Lipinski definition) is 2. The van der Waals surface area contributed by atoms with Crippen molar-refractivity contribution in [3.8, 4) is 0 Å². The van der Waals surface area contributed by atoms with Crippen LogP contribution in [-0.2, 0) is 0 Å². The van der Waals surface area contributed by atoms with E-state index in [0.717, 1.165) is 44.4 Å². The highest BCUT2D eigenvalue weighted by Gasteiger charge is 2.61. The molecule has 4 fully saturated rings. The molecule has 0 radical (unpaired) electrons. The molecular weight excluding hydrogens is 413 g/mol. The van der Waals surface area contributed by atoms with Crippen LogP contribution in [0.15, 0.2) is 0 Å². The van der Waals surface area contributed by atoms with Gasteiger partial charge >= 0.3 is 6.18 Å². The number of fused-ring (bicyclic) bond motifs is 5. The second kappa shape index (κ2) is 7.86. The normalized spacial score (nSPS) is 49.5. The van der Waals surface area contributed by atoms with Crippen molar-refractivity contribution in [1.82, 2.24) is 0 Å². The van der Waals surface area contributed by atoms with E-state index in [1.54, 1.807) is 0 Å². The van der Waals surface area contributed by atoms with E-state index in [2.05, 4.69) is 20.8 Å². The molecule has 4 aliphatic rings. The van der Waals surface area contributed by atoms with Gasteiger partial charge in [0.25, 0.3) is 0 Å². The van der Waals surface area contributed by atoms with Crippen molar-refractivity contribution in [2.45, 2.75) is 123 Å².